The Balaban J connectivity index is 1.26. The Morgan fingerprint density at radius 3 is 2.90 bits per heavy atom. The number of benzene rings is 1. The maximum absolute atomic E-state index is 12.5. The van der Waals surface area contributed by atoms with Crippen molar-refractivity contribution >= 4 is 5.91 Å². The molecule has 2 fully saturated rings. The summed E-state index contributed by atoms with van der Waals surface area (Å²) in [6.07, 6.45) is 4.19. The molecule has 2 aliphatic heterocycles. The number of ether oxygens (including phenoxy) is 2. The molecule has 0 saturated carbocycles. The van der Waals surface area contributed by atoms with E-state index in [1.54, 1.807) is 17.2 Å². The van der Waals surface area contributed by atoms with Crippen LogP contribution in [0.1, 0.15) is 24.8 Å². The number of nitrogens with zero attached hydrogens (tertiary/aromatic N) is 4. The van der Waals surface area contributed by atoms with Gasteiger partial charge in [-0.15, -0.1) is 0 Å². The molecule has 1 aromatic heterocycles. The Kier molecular flexibility index (Phi) is 6.45. The number of carbonyl (C=O) groups excluding carboxylic acids is 1. The molecule has 2 aromatic rings. The highest BCUT2D eigenvalue weighted by atomic mass is 16.5. The van der Waals surface area contributed by atoms with Crippen molar-refractivity contribution < 1.29 is 14.3 Å². The summed E-state index contributed by atoms with van der Waals surface area (Å²) in [5.74, 6) is 1.28. The Hall–Kier alpha value is -3.11. The fourth-order valence-corrected chi connectivity index (χ4v) is 3.98. The lowest BCUT2D eigenvalue weighted by atomic mass is 10.2. The number of rotatable bonds is 7. The van der Waals surface area contributed by atoms with Crippen molar-refractivity contribution in [2.75, 3.05) is 26.2 Å². The highest BCUT2D eigenvalue weighted by Gasteiger charge is 2.32. The monoisotopic (exact) mass is 406 g/mol. The number of likely N-dealkylation sites (tertiary alicyclic amines) is 2. The molecule has 3 heterocycles. The molecule has 0 aliphatic carbocycles. The zero-order chi connectivity index (χ0) is 20.8. The van der Waals surface area contributed by atoms with Crippen LogP contribution in [-0.2, 0) is 11.4 Å². The molecule has 4 rings (SSSR count). The van der Waals surface area contributed by atoms with E-state index in [9.17, 15) is 10.1 Å². The molecule has 156 valence electrons. The summed E-state index contributed by atoms with van der Waals surface area (Å²) < 4.78 is 11.9. The van der Waals surface area contributed by atoms with Crippen LogP contribution < -0.4 is 9.47 Å². The average Bonchev–Trinajstić information content (AvgIpc) is 3.42. The first-order valence-corrected chi connectivity index (χ1v) is 10.4. The van der Waals surface area contributed by atoms with Gasteiger partial charge in [0.05, 0.1) is 12.6 Å². The van der Waals surface area contributed by atoms with Gasteiger partial charge in [0.25, 0.3) is 0 Å². The predicted octanol–water partition coefficient (Wildman–Crippen LogP) is 2.63. The van der Waals surface area contributed by atoms with Crippen LogP contribution in [0, 0.1) is 11.3 Å². The molecule has 1 amide bonds. The molecule has 7 nitrogen and oxygen atoms in total. The van der Waals surface area contributed by atoms with Crippen molar-refractivity contribution in [2.24, 2.45) is 0 Å². The second kappa shape index (κ2) is 9.59. The summed E-state index contributed by atoms with van der Waals surface area (Å²) >= 11 is 0. The van der Waals surface area contributed by atoms with E-state index in [-0.39, 0.29) is 18.1 Å². The lowest BCUT2D eigenvalue weighted by molar-refractivity contribution is -0.132. The van der Waals surface area contributed by atoms with Crippen LogP contribution in [0.5, 0.6) is 11.6 Å². The molecule has 7 heteroatoms. The topological polar surface area (TPSA) is 78.7 Å². The number of pyridine rings is 1. The third-order valence-corrected chi connectivity index (χ3v) is 5.55. The first-order valence-electron chi connectivity index (χ1n) is 10.4. The molecular weight excluding hydrogens is 380 g/mol. The van der Waals surface area contributed by atoms with Gasteiger partial charge in [0, 0.05) is 31.9 Å². The van der Waals surface area contributed by atoms with E-state index < -0.39 is 0 Å². The smallest absolute Gasteiger partial charge is 0.237 e. The first kappa shape index (κ1) is 20.2. The summed E-state index contributed by atoms with van der Waals surface area (Å²) in [7, 11) is 0. The van der Waals surface area contributed by atoms with Gasteiger partial charge < -0.3 is 14.4 Å². The molecule has 2 aliphatic rings. The van der Waals surface area contributed by atoms with Crippen LogP contribution >= 0.6 is 0 Å². The molecule has 0 radical (unpaired) electrons. The molecule has 1 unspecified atom stereocenters. The number of hydrogen-bond acceptors (Lipinski definition) is 6. The van der Waals surface area contributed by atoms with Gasteiger partial charge in [-0.1, -0.05) is 30.3 Å². The number of carbonyl (C=O) groups is 1. The molecule has 0 bridgehead atoms. The Bertz CT molecular complexity index is 899. The highest BCUT2D eigenvalue weighted by molar-refractivity contribution is 5.79. The number of nitriles is 1. The third kappa shape index (κ3) is 5.08. The highest BCUT2D eigenvalue weighted by Crippen LogP contribution is 2.22. The van der Waals surface area contributed by atoms with Gasteiger partial charge in [0.1, 0.15) is 24.5 Å². The van der Waals surface area contributed by atoms with Gasteiger partial charge >= 0.3 is 0 Å². The summed E-state index contributed by atoms with van der Waals surface area (Å²) in [5.41, 5.74) is 1.10. The molecule has 2 saturated heterocycles. The normalized spacial score (nSPS) is 21.4. The quantitative estimate of drug-likeness (QED) is 0.703. The van der Waals surface area contributed by atoms with Crippen LogP contribution in [-0.4, -0.2) is 59.0 Å². The van der Waals surface area contributed by atoms with Crippen LogP contribution in [0.4, 0.5) is 0 Å². The number of aromatic nitrogens is 1. The summed E-state index contributed by atoms with van der Waals surface area (Å²) in [6.45, 7) is 2.99. The predicted molar refractivity (Wildman–Crippen MR) is 111 cm³/mol. The van der Waals surface area contributed by atoms with Crippen molar-refractivity contribution in [3.63, 3.8) is 0 Å². The van der Waals surface area contributed by atoms with E-state index in [4.69, 9.17) is 9.47 Å². The van der Waals surface area contributed by atoms with E-state index in [2.05, 4.69) is 16.0 Å². The molecule has 1 aromatic carbocycles. The van der Waals surface area contributed by atoms with Crippen molar-refractivity contribution in [2.45, 2.75) is 38.0 Å². The zero-order valence-electron chi connectivity index (χ0n) is 16.9. The van der Waals surface area contributed by atoms with Crippen LogP contribution in [0.15, 0.2) is 48.7 Å². The van der Waals surface area contributed by atoms with Gasteiger partial charge in [-0.05, 0) is 30.9 Å². The maximum atomic E-state index is 12.5. The molecule has 0 N–H and O–H groups in total. The van der Waals surface area contributed by atoms with E-state index in [0.717, 1.165) is 31.4 Å². The Labute approximate surface area is 176 Å². The SMILES string of the molecule is N#CC1CCCN1C(=O)CN1CC[C@H](Oc2cc(OCc3ccccc3)ccn2)C1. The van der Waals surface area contributed by atoms with Crippen molar-refractivity contribution in [3.8, 4) is 17.7 Å². The summed E-state index contributed by atoms with van der Waals surface area (Å²) in [6, 6.07) is 15.6. The van der Waals surface area contributed by atoms with Gasteiger partial charge in [0.2, 0.25) is 11.8 Å². The van der Waals surface area contributed by atoms with Crippen molar-refractivity contribution in [1.29, 1.82) is 5.26 Å². The van der Waals surface area contributed by atoms with Crippen LogP contribution in [0.2, 0.25) is 0 Å². The molecule has 0 spiro atoms. The Morgan fingerprint density at radius 2 is 2.07 bits per heavy atom. The van der Waals surface area contributed by atoms with Gasteiger partial charge in [-0.3, -0.25) is 9.69 Å². The number of hydrogen-bond donors (Lipinski definition) is 0. The lowest BCUT2D eigenvalue weighted by Gasteiger charge is -2.23. The standard InChI is InChI=1S/C23H26N4O3/c24-14-19-7-4-11-27(19)23(28)16-26-12-9-21(15-26)30-22-13-20(8-10-25-22)29-17-18-5-2-1-3-6-18/h1-3,5-6,8,10,13,19,21H,4,7,9,11-12,15-17H2/t19?,21-/m0/s1. The largest absolute Gasteiger partial charge is 0.489 e. The van der Waals surface area contributed by atoms with Crippen molar-refractivity contribution in [1.82, 2.24) is 14.8 Å². The third-order valence-electron chi connectivity index (χ3n) is 5.55. The van der Waals surface area contributed by atoms with E-state index >= 15 is 0 Å². The molecule has 2 atom stereocenters. The summed E-state index contributed by atoms with van der Waals surface area (Å²) in [4.78, 5) is 20.6. The number of amides is 1. The maximum Gasteiger partial charge on any atom is 0.237 e. The van der Waals surface area contributed by atoms with Gasteiger partial charge in [0.15, 0.2) is 0 Å². The average molecular weight is 406 g/mol. The second-order valence-electron chi connectivity index (χ2n) is 7.74. The summed E-state index contributed by atoms with van der Waals surface area (Å²) in [5, 5.41) is 9.18. The molecular formula is C23H26N4O3. The van der Waals surface area contributed by atoms with Crippen molar-refractivity contribution in [3.05, 3.63) is 54.2 Å². The Morgan fingerprint density at radius 1 is 1.20 bits per heavy atom. The van der Waals surface area contributed by atoms with Gasteiger partial charge in [-0.2, -0.15) is 5.26 Å². The second-order valence-corrected chi connectivity index (χ2v) is 7.74. The lowest BCUT2D eigenvalue weighted by Crippen LogP contribution is -2.42. The minimum atomic E-state index is -0.269. The zero-order valence-corrected chi connectivity index (χ0v) is 16.9. The van der Waals surface area contributed by atoms with Crippen LogP contribution in [0.3, 0.4) is 0 Å². The van der Waals surface area contributed by atoms with E-state index in [1.807, 2.05) is 36.4 Å². The van der Waals surface area contributed by atoms with Crippen LogP contribution in [0.25, 0.3) is 0 Å². The minimum absolute atomic E-state index is 0.0139. The fourth-order valence-electron chi connectivity index (χ4n) is 3.98. The first-order chi connectivity index (χ1) is 14.7. The minimum Gasteiger partial charge on any atom is -0.489 e. The van der Waals surface area contributed by atoms with E-state index in [0.29, 0.717) is 37.9 Å². The fraction of sp³-hybridized carbons (Fsp3) is 0.435. The molecule has 30 heavy (non-hydrogen) atoms. The van der Waals surface area contributed by atoms with E-state index in [1.165, 1.54) is 0 Å². The van der Waals surface area contributed by atoms with Gasteiger partial charge in [-0.25, -0.2) is 4.98 Å².